The molecule has 1 N–H and O–H groups in total. The van der Waals surface area contributed by atoms with Crippen molar-refractivity contribution >= 4 is 11.0 Å². The van der Waals surface area contributed by atoms with E-state index in [9.17, 15) is 13.2 Å². The lowest BCUT2D eigenvalue weighted by molar-refractivity contribution is -0.137. The first-order valence-electron chi connectivity index (χ1n) is 10.9. The highest BCUT2D eigenvalue weighted by atomic mass is 19.4. The van der Waals surface area contributed by atoms with Crippen molar-refractivity contribution in [1.29, 1.82) is 0 Å². The zero-order chi connectivity index (χ0) is 23.0. The number of fused-ring (bicyclic) bond motifs is 1. The van der Waals surface area contributed by atoms with E-state index in [2.05, 4.69) is 21.6 Å². The van der Waals surface area contributed by atoms with Crippen LogP contribution in [-0.4, -0.2) is 32.6 Å². The minimum atomic E-state index is -4.36. The molecule has 0 spiro atoms. The third kappa shape index (κ3) is 4.45. The number of nitrogens with zero attached hydrogens (tertiary/aromatic N) is 4. The Morgan fingerprint density at radius 1 is 1.09 bits per heavy atom. The monoisotopic (exact) mass is 455 g/mol. The average Bonchev–Trinajstić information content (AvgIpc) is 3.45. The summed E-state index contributed by atoms with van der Waals surface area (Å²) < 4.78 is 42.4. The molecule has 1 fully saturated rings. The van der Waals surface area contributed by atoms with E-state index in [1.165, 1.54) is 6.07 Å². The number of hydrogen-bond donors (Lipinski definition) is 1. The lowest BCUT2D eigenvalue weighted by Gasteiger charge is -2.22. The van der Waals surface area contributed by atoms with Crippen LogP contribution in [0.5, 0.6) is 0 Å². The number of aryl methyl sites for hydroxylation is 1. The van der Waals surface area contributed by atoms with Crippen molar-refractivity contribution in [2.24, 2.45) is 0 Å². The Bertz CT molecular complexity index is 1270. The van der Waals surface area contributed by atoms with Gasteiger partial charge in [-0.2, -0.15) is 23.0 Å². The molecule has 6 nitrogen and oxygen atoms in total. The van der Waals surface area contributed by atoms with E-state index in [0.29, 0.717) is 17.2 Å². The van der Waals surface area contributed by atoms with Crippen molar-refractivity contribution in [3.63, 3.8) is 0 Å². The van der Waals surface area contributed by atoms with Gasteiger partial charge in [0, 0.05) is 29.7 Å². The number of nitrogens with one attached hydrogen (secondary N) is 1. The van der Waals surface area contributed by atoms with Crippen molar-refractivity contribution < 1.29 is 18.0 Å². The van der Waals surface area contributed by atoms with E-state index in [4.69, 9.17) is 4.84 Å². The van der Waals surface area contributed by atoms with Crippen LogP contribution in [0, 0.1) is 6.92 Å². The molecule has 4 heterocycles. The van der Waals surface area contributed by atoms with Crippen LogP contribution in [0.4, 0.5) is 13.2 Å². The maximum absolute atomic E-state index is 12.9. The van der Waals surface area contributed by atoms with Crippen molar-refractivity contribution in [3.05, 3.63) is 71.8 Å². The van der Waals surface area contributed by atoms with Gasteiger partial charge in [0.15, 0.2) is 0 Å². The molecule has 0 saturated carbocycles. The molecule has 0 unspecified atom stereocenters. The maximum Gasteiger partial charge on any atom is 0.416 e. The van der Waals surface area contributed by atoms with Gasteiger partial charge in [0.1, 0.15) is 12.1 Å². The number of pyridine rings is 1. The Hall–Kier alpha value is -3.33. The summed E-state index contributed by atoms with van der Waals surface area (Å²) in [5, 5.41) is 7.92. The van der Waals surface area contributed by atoms with Crippen LogP contribution in [-0.2, 0) is 12.8 Å². The van der Waals surface area contributed by atoms with Gasteiger partial charge in [-0.25, -0.2) is 0 Å². The largest absolute Gasteiger partial charge is 0.416 e. The molecule has 9 heteroatoms. The number of rotatable bonds is 5. The van der Waals surface area contributed by atoms with Gasteiger partial charge in [-0.1, -0.05) is 6.07 Å². The molecular formula is C24H24F3N5O. The lowest BCUT2D eigenvalue weighted by atomic mass is 10.1. The van der Waals surface area contributed by atoms with Gasteiger partial charge in [0.05, 0.1) is 23.3 Å². The third-order valence-electron chi connectivity index (χ3n) is 6.15. The minimum Gasteiger partial charge on any atom is -0.409 e. The van der Waals surface area contributed by atoms with Crippen LogP contribution < -0.4 is 10.2 Å². The molecule has 4 aromatic rings. The molecule has 0 amide bonds. The minimum absolute atomic E-state index is 0.144. The van der Waals surface area contributed by atoms with Crippen molar-refractivity contribution in [2.45, 2.75) is 38.6 Å². The molecule has 0 atom stereocenters. The smallest absolute Gasteiger partial charge is 0.409 e. The molecule has 0 bridgehead atoms. The Morgan fingerprint density at radius 2 is 1.91 bits per heavy atom. The maximum atomic E-state index is 12.9. The fourth-order valence-corrected chi connectivity index (χ4v) is 4.19. The molecule has 172 valence electrons. The van der Waals surface area contributed by atoms with Gasteiger partial charge in [0.2, 0.25) is 0 Å². The number of piperidine rings is 1. The molecule has 1 aromatic carbocycles. The van der Waals surface area contributed by atoms with Crippen molar-refractivity contribution in [1.82, 2.24) is 24.8 Å². The van der Waals surface area contributed by atoms with Gasteiger partial charge in [-0.15, -0.1) is 0 Å². The van der Waals surface area contributed by atoms with E-state index in [0.717, 1.165) is 60.2 Å². The molecule has 5 rings (SSSR count). The molecule has 1 saturated heterocycles. The highest BCUT2D eigenvalue weighted by Crippen LogP contribution is 2.30. The molecule has 1 aliphatic heterocycles. The van der Waals surface area contributed by atoms with Gasteiger partial charge in [-0.3, -0.25) is 9.67 Å². The topological polar surface area (TPSA) is 56.9 Å². The van der Waals surface area contributed by atoms with Crippen LogP contribution >= 0.6 is 0 Å². The summed E-state index contributed by atoms with van der Waals surface area (Å²) in [5.74, 6) is 0. The lowest BCUT2D eigenvalue weighted by Crippen LogP contribution is -2.29. The van der Waals surface area contributed by atoms with Crippen LogP contribution in [0.3, 0.4) is 0 Å². The fourth-order valence-electron chi connectivity index (χ4n) is 4.19. The molecule has 0 aliphatic carbocycles. The second-order valence-corrected chi connectivity index (χ2v) is 8.37. The molecule has 1 aliphatic rings. The highest BCUT2D eigenvalue weighted by molar-refractivity contribution is 5.80. The van der Waals surface area contributed by atoms with E-state index < -0.39 is 11.7 Å². The van der Waals surface area contributed by atoms with Gasteiger partial charge >= 0.3 is 6.18 Å². The molecule has 33 heavy (non-hydrogen) atoms. The normalized spacial score (nSPS) is 15.3. The number of hydrogen-bond acceptors (Lipinski definition) is 4. The third-order valence-corrected chi connectivity index (χ3v) is 6.15. The SMILES string of the molecule is Cc1cc(C(F)(F)F)ccc1COn1ccc2ncc(-c3cnn(C4CCNCC4)c3)cc21. The van der Waals surface area contributed by atoms with Gasteiger partial charge in [0.25, 0.3) is 0 Å². The van der Waals surface area contributed by atoms with Crippen LogP contribution in [0.1, 0.15) is 35.6 Å². The Morgan fingerprint density at radius 3 is 2.67 bits per heavy atom. The summed E-state index contributed by atoms with van der Waals surface area (Å²) in [6.07, 6.45) is 5.24. The first-order valence-corrected chi connectivity index (χ1v) is 10.9. The molecule has 3 aromatic heterocycles. The zero-order valence-electron chi connectivity index (χ0n) is 18.1. The molecule has 0 radical (unpaired) electrons. The number of aromatic nitrogens is 4. The molecular weight excluding hydrogens is 431 g/mol. The number of benzene rings is 1. The standard InChI is InChI=1S/C24H24F3N5O/c1-16-10-20(24(25,26)27)3-2-17(16)15-33-32-9-6-22-23(32)11-18(12-29-22)19-13-30-31(14-19)21-4-7-28-8-5-21/h2-3,6,9-14,21,28H,4-5,7-8,15H2,1H3. The fraction of sp³-hybridized carbons (Fsp3) is 0.333. The van der Waals surface area contributed by atoms with E-state index in [-0.39, 0.29) is 6.61 Å². The summed E-state index contributed by atoms with van der Waals surface area (Å²) >= 11 is 0. The van der Waals surface area contributed by atoms with E-state index in [1.807, 2.05) is 29.2 Å². The summed E-state index contributed by atoms with van der Waals surface area (Å²) in [5.41, 5.74) is 4.03. The van der Waals surface area contributed by atoms with Crippen LogP contribution in [0.15, 0.2) is 55.1 Å². The summed E-state index contributed by atoms with van der Waals surface area (Å²) in [7, 11) is 0. The van der Waals surface area contributed by atoms with E-state index in [1.54, 1.807) is 17.9 Å². The predicted octanol–water partition coefficient (Wildman–Crippen LogP) is 4.78. The average molecular weight is 455 g/mol. The number of halogens is 3. The summed E-state index contributed by atoms with van der Waals surface area (Å²) in [6.45, 7) is 3.79. The van der Waals surface area contributed by atoms with Crippen LogP contribution in [0.25, 0.3) is 22.2 Å². The zero-order valence-corrected chi connectivity index (χ0v) is 18.1. The van der Waals surface area contributed by atoms with Crippen molar-refractivity contribution in [3.8, 4) is 11.1 Å². The van der Waals surface area contributed by atoms with Gasteiger partial charge in [-0.05, 0) is 68.2 Å². The Balaban J connectivity index is 1.35. The quantitative estimate of drug-likeness (QED) is 0.471. The van der Waals surface area contributed by atoms with Gasteiger partial charge < -0.3 is 10.2 Å². The Labute approximate surface area is 189 Å². The summed E-state index contributed by atoms with van der Waals surface area (Å²) in [4.78, 5) is 10.4. The first kappa shape index (κ1) is 21.5. The number of alkyl halides is 3. The first-order chi connectivity index (χ1) is 15.9. The van der Waals surface area contributed by atoms with Crippen molar-refractivity contribution in [2.75, 3.05) is 13.1 Å². The Kier molecular flexibility index (Phi) is 5.57. The summed E-state index contributed by atoms with van der Waals surface area (Å²) in [6, 6.07) is 7.92. The van der Waals surface area contributed by atoms with Crippen LogP contribution in [0.2, 0.25) is 0 Å². The second kappa shape index (κ2) is 8.55. The second-order valence-electron chi connectivity index (χ2n) is 8.37. The predicted molar refractivity (Wildman–Crippen MR) is 119 cm³/mol. The van der Waals surface area contributed by atoms with E-state index >= 15 is 0 Å². The highest BCUT2D eigenvalue weighted by Gasteiger charge is 2.30.